The normalized spacial score (nSPS) is 13.4. The lowest BCUT2D eigenvalue weighted by Crippen LogP contribution is -2.13. The van der Waals surface area contributed by atoms with Crippen LogP contribution in [0.5, 0.6) is 11.5 Å². The second-order valence-electron chi connectivity index (χ2n) is 8.72. The minimum absolute atomic E-state index is 0.633. The summed E-state index contributed by atoms with van der Waals surface area (Å²) >= 11 is 0. The molecule has 2 aromatic rings. The molecule has 0 heterocycles. The van der Waals surface area contributed by atoms with E-state index < -0.39 is 0 Å². The van der Waals surface area contributed by atoms with Crippen molar-refractivity contribution in [1.82, 2.24) is 0 Å². The lowest BCUT2D eigenvalue weighted by molar-refractivity contribution is 0.230. The summed E-state index contributed by atoms with van der Waals surface area (Å²) < 4.78 is 12.9. The lowest BCUT2D eigenvalue weighted by atomic mass is 9.99. The summed E-state index contributed by atoms with van der Waals surface area (Å²) in [5, 5.41) is 2.37. The van der Waals surface area contributed by atoms with E-state index >= 15 is 0 Å². The molecule has 2 atom stereocenters. The maximum absolute atomic E-state index is 6.49. The number of hydrogen-bond donors (Lipinski definition) is 0. The molecule has 0 aliphatic rings. The highest BCUT2D eigenvalue weighted by molar-refractivity contribution is 5.94. The number of fused-ring (bicyclic) bond motifs is 1. The third-order valence-corrected chi connectivity index (χ3v) is 6.44. The molecular weight excluding hydrogens is 368 g/mol. The highest BCUT2D eigenvalue weighted by Gasteiger charge is 2.16. The smallest absolute Gasteiger partial charge is 0.130 e. The van der Waals surface area contributed by atoms with Crippen LogP contribution in [0.2, 0.25) is 0 Å². The van der Waals surface area contributed by atoms with E-state index in [9.17, 15) is 0 Å². The Balaban J connectivity index is 2.25. The van der Waals surface area contributed by atoms with Crippen molar-refractivity contribution in [3.63, 3.8) is 0 Å². The highest BCUT2D eigenvalue weighted by atomic mass is 16.5. The minimum atomic E-state index is 0.633. The topological polar surface area (TPSA) is 18.5 Å². The van der Waals surface area contributed by atoms with E-state index in [1.807, 2.05) is 0 Å². The number of hydrogen-bond acceptors (Lipinski definition) is 2. The highest BCUT2D eigenvalue weighted by Crippen LogP contribution is 2.38. The van der Waals surface area contributed by atoms with Gasteiger partial charge in [0.1, 0.15) is 11.5 Å². The third kappa shape index (κ3) is 6.93. The fourth-order valence-electron chi connectivity index (χ4n) is 4.13. The van der Waals surface area contributed by atoms with Gasteiger partial charge in [-0.3, -0.25) is 0 Å². The van der Waals surface area contributed by atoms with Gasteiger partial charge in [-0.15, -0.1) is 0 Å². The zero-order chi connectivity index (χ0) is 21.8. The van der Waals surface area contributed by atoms with Crippen molar-refractivity contribution in [2.45, 2.75) is 92.4 Å². The van der Waals surface area contributed by atoms with Crippen LogP contribution in [-0.4, -0.2) is 13.2 Å². The Hall–Kier alpha value is -1.70. The number of aryl methyl sites for hydroxylation is 1. The van der Waals surface area contributed by atoms with Gasteiger partial charge in [0, 0.05) is 10.8 Å². The predicted octanol–water partition coefficient (Wildman–Crippen LogP) is 8.59. The van der Waals surface area contributed by atoms with Crippen LogP contribution < -0.4 is 9.47 Å². The molecule has 0 N–H and O–H groups in total. The molecule has 2 heteroatoms. The van der Waals surface area contributed by atoms with Crippen LogP contribution in [0.1, 0.15) is 91.5 Å². The van der Waals surface area contributed by atoms with Gasteiger partial charge in [0.25, 0.3) is 0 Å². The van der Waals surface area contributed by atoms with Crippen LogP contribution in [0, 0.1) is 11.8 Å². The molecular formula is C28H44O2. The molecule has 2 unspecified atom stereocenters. The van der Waals surface area contributed by atoms with Gasteiger partial charge in [-0.05, 0) is 42.7 Å². The molecule has 168 valence electrons. The van der Waals surface area contributed by atoms with Gasteiger partial charge in [0.2, 0.25) is 0 Å². The van der Waals surface area contributed by atoms with Gasteiger partial charge in [0.15, 0.2) is 0 Å². The van der Waals surface area contributed by atoms with Gasteiger partial charge in [-0.2, -0.15) is 0 Å². The predicted molar refractivity (Wildman–Crippen MR) is 131 cm³/mol. The van der Waals surface area contributed by atoms with Crippen molar-refractivity contribution in [1.29, 1.82) is 0 Å². The van der Waals surface area contributed by atoms with Gasteiger partial charge in [0.05, 0.1) is 13.2 Å². The monoisotopic (exact) mass is 412 g/mol. The first-order valence-electron chi connectivity index (χ1n) is 12.5. The second-order valence-corrected chi connectivity index (χ2v) is 8.72. The van der Waals surface area contributed by atoms with Crippen LogP contribution in [0.25, 0.3) is 10.8 Å². The lowest BCUT2D eigenvalue weighted by Gasteiger charge is -2.21. The summed E-state index contributed by atoms with van der Waals surface area (Å²) in [6.45, 7) is 12.9. The fraction of sp³-hybridized carbons (Fsp3) is 0.643. The molecule has 2 nitrogen and oxygen atoms in total. The maximum Gasteiger partial charge on any atom is 0.130 e. The SMILES string of the molecule is CCCCC(CC)COc1cc(CC)c(OCC(CC)CCCC)c2ccccc12. The minimum Gasteiger partial charge on any atom is -0.493 e. The molecule has 2 rings (SSSR count). The fourth-order valence-corrected chi connectivity index (χ4v) is 4.13. The average Bonchev–Trinajstić information content (AvgIpc) is 2.79. The van der Waals surface area contributed by atoms with Crippen LogP contribution in [-0.2, 0) is 6.42 Å². The van der Waals surface area contributed by atoms with Crippen molar-refractivity contribution < 1.29 is 9.47 Å². The molecule has 0 aliphatic heterocycles. The quantitative estimate of drug-likeness (QED) is 0.291. The van der Waals surface area contributed by atoms with Crippen molar-refractivity contribution >= 4 is 10.8 Å². The van der Waals surface area contributed by atoms with Crippen molar-refractivity contribution in [3.05, 3.63) is 35.9 Å². The molecule has 0 spiro atoms. The zero-order valence-electron chi connectivity index (χ0n) is 20.1. The Kier molecular flexibility index (Phi) is 11.1. The average molecular weight is 413 g/mol. The molecule has 0 saturated heterocycles. The van der Waals surface area contributed by atoms with Crippen LogP contribution in [0.3, 0.4) is 0 Å². The third-order valence-electron chi connectivity index (χ3n) is 6.44. The Labute approximate surface area is 185 Å². The summed E-state index contributed by atoms with van der Waals surface area (Å²) in [4.78, 5) is 0. The Morgan fingerprint density at radius 1 is 0.733 bits per heavy atom. The van der Waals surface area contributed by atoms with E-state index in [0.29, 0.717) is 11.8 Å². The van der Waals surface area contributed by atoms with E-state index in [1.165, 1.54) is 67.7 Å². The number of rotatable bonds is 15. The van der Waals surface area contributed by atoms with Gasteiger partial charge < -0.3 is 9.47 Å². The van der Waals surface area contributed by atoms with Crippen LogP contribution >= 0.6 is 0 Å². The van der Waals surface area contributed by atoms with Crippen molar-refractivity contribution in [3.8, 4) is 11.5 Å². The molecule has 0 saturated carbocycles. The molecule has 0 bridgehead atoms. The Bertz CT molecular complexity index is 737. The van der Waals surface area contributed by atoms with E-state index in [4.69, 9.17) is 9.47 Å². The Morgan fingerprint density at radius 2 is 1.30 bits per heavy atom. The summed E-state index contributed by atoms with van der Waals surface area (Å²) in [6, 6.07) is 10.8. The molecule has 0 radical (unpaired) electrons. The zero-order valence-corrected chi connectivity index (χ0v) is 20.1. The van der Waals surface area contributed by atoms with Crippen molar-refractivity contribution in [2.75, 3.05) is 13.2 Å². The van der Waals surface area contributed by atoms with Crippen LogP contribution in [0.15, 0.2) is 30.3 Å². The van der Waals surface area contributed by atoms with E-state index in [0.717, 1.165) is 31.1 Å². The molecule has 30 heavy (non-hydrogen) atoms. The second kappa shape index (κ2) is 13.6. The largest absolute Gasteiger partial charge is 0.493 e. The standard InChI is InChI=1S/C28H44O2/c1-6-11-15-22(8-3)20-29-27-19-24(10-5)28(26-18-14-13-17-25(26)27)30-21-23(9-4)16-12-7-2/h13-14,17-19,22-23H,6-12,15-16,20-21H2,1-5H3. The summed E-state index contributed by atoms with van der Waals surface area (Å²) in [5.74, 6) is 3.35. The molecule has 0 amide bonds. The first-order valence-corrected chi connectivity index (χ1v) is 12.5. The molecule has 2 aromatic carbocycles. The molecule has 0 aliphatic carbocycles. The number of ether oxygens (including phenoxy) is 2. The van der Waals surface area contributed by atoms with E-state index in [-0.39, 0.29) is 0 Å². The summed E-state index contributed by atoms with van der Waals surface area (Å²) in [5.41, 5.74) is 1.26. The van der Waals surface area contributed by atoms with Gasteiger partial charge >= 0.3 is 0 Å². The number of unbranched alkanes of at least 4 members (excludes halogenated alkanes) is 2. The summed E-state index contributed by atoms with van der Waals surface area (Å²) in [6.07, 6.45) is 10.9. The van der Waals surface area contributed by atoms with E-state index in [2.05, 4.69) is 65.0 Å². The first-order chi connectivity index (χ1) is 14.7. The van der Waals surface area contributed by atoms with Gasteiger partial charge in [-0.1, -0.05) is 97.4 Å². The number of benzene rings is 2. The van der Waals surface area contributed by atoms with Crippen LogP contribution in [0.4, 0.5) is 0 Å². The van der Waals surface area contributed by atoms with E-state index in [1.54, 1.807) is 0 Å². The van der Waals surface area contributed by atoms with Crippen molar-refractivity contribution in [2.24, 2.45) is 11.8 Å². The molecule has 0 fully saturated rings. The first kappa shape index (κ1) is 24.6. The maximum atomic E-state index is 6.49. The molecule has 0 aromatic heterocycles. The summed E-state index contributed by atoms with van der Waals surface area (Å²) in [7, 11) is 0. The Morgan fingerprint density at radius 3 is 1.83 bits per heavy atom. The van der Waals surface area contributed by atoms with Gasteiger partial charge in [-0.25, -0.2) is 0 Å².